The van der Waals surface area contributed by atoms with E-state index >= 15 is 0 Å². The van der Waals surface area contributed by atoms with Crippen molar-refractivity contribution in [2.45, 2.75) is 13.0 Å². The smallest absolute Gasteiger partial charge is 0.338 e. The molecule has 0 aliphatic rings. The first-order valence-electron chi connectivity index (χ1n) is 5.72. The molecule has 0 spiro atoms. The highest BCUT2D eigenvalue weighted by molar-refractivity contribution is 5.89. The van der Waals surface area contributed by atoms with Gasteiger partial charge in [-0.05, 0) is 25.1 Å². The molecule has 1 N–H and O–H groups in total. The Balaban J connectivity index is 2.11. The fourth-order valence-electron chi connectivity index (χ4n) is 1.70. The van der Waals surface area contributed by atoms with Crippen molar-refractivity contribution < 1.29 is 14.6 Å². The maximum atomic E-state index is 11.8. The number of esters is 1. The van der Waals surface area contributed by atoms with Crippen LogP contribution in [0.3, 0.4) is 0 Å². The Morgan fingerprint density at radius 2 is 1.67 bits per heavy atom. The molecule has 0 aliphatic heterocycles. The Kier molecular flexibility index (Phi) is 3.63. The van der Waals surface area contributed by atoms with Gasteiger partial charge in [-0.15, -0.1) is 0 Å². The lowest BCUT2D eigenvalue weighted by atomic mass is 10.1. The summed E-state index contributed by atoms with van der Waals surface area (Å²) in [5, 5.41) is 9.67. The van der Waals surface area contributed by atoms with Crippen LogP contribution >= 0.6 is 0 Å². The number of hydrogen-bond acceptors (Lipinski definition) is 3. The van der Waals surface area contributed by atoms with Gasteiger partial charge in [0.05, 0.1) is 5.56 Å². The second-order valence-corrected chi connectivity index (χ2v) is 3.97. The number of phenols is 1. The van der Waals surface area contributed by atoms with Crippen LogP contribution in [0.5, 0.6) is 5.75 Å². The molecule has 18 heavy (non-hydrogen) atoms. The first kappa shape index (κ1) is 12.2. The third-order valence-electron chi connectivity index (χ3n) is 2.67. The molecule has 0 aliphatic carbocycles. The molecule has 3 heteroatoms. The largest absolute Gasteiger partial charge is 0.508 e. The first-order chi connectivity index (χ1) is 8.68. The number of carbonyl (C=O) groups excluding carboxylic acids is 1. The van der Waals surface area contributed by atoms with Crippen LogP contribution in [0.15, 0.2) is 54.6 Å². The lowest BCUT2D eigenvalue weighted by Gasteiger charge is -2.14. The van der Waals surface area contributed by atoms with E-state index in [4.69, 9.17) is 4.74 Å². The Hall–Kier alpha value is -2.29. The summed E-state index contributed by atoms with van der Waals surface area (Å²) in [6, 6.07) is 15.6. The molecule has 0 heterocycles. The van der Waals surface area contributed by atoms with Crippen LogP contribution in [-0.2, 0) is 4.74 Å². The van der Waals surface area contributed by atoms with Gasteiger partial charge in [0.1, 0.15) is 11.9 Å². The van der Waals surface area contributed by atoms with Gasteiger partial charge in [0, 0.05) is 5.56 Å². The number of hydrogen-bond donors (Lipinski definition) is 1. The third-order valence-corrected chi connectivity index (χ3v) is 2.67. The second-order valence-electron chi connectivity index (χ2n) is 3.97. The van der Waals surface area contributed by atoms with Gasteiger partial charge < -0.3 is 9.84 Å². The Labute approximate surface area is 106 Å². The highest BCUT2D eigenvalue weighted by Crippen LogP contribution is 2.26. The Morgan fingerprint density at radius 3 is 2.33 bits per heavy atom. The van der Waals surface area contributed by atoms with E-state index in [2.05, 4.69) is 0 Å². The van der Waals surface area contributed by atoms with Gasteiger partial charge >= 0.3 is 5.97 Å². The number of rotatable bonds is 3. The van der Waals surface area contributed by atoms with Gasteiger partial charge in [-0.1, -0.05) is 36.4 Å². The van der Waals surface area contributed by atoms with E-state index in [1.54, 1.807) is 55.5 Å². The molecule has 92 valence electrons. The summed E-state index contributed by atoms with van der Waals surface area (Å²) < 4.78 is 5.30. The maximum absolute atomic E-state index is 11.8. The number of ether oxygens (including phenoxy) is 1. The topological polar surface area (TPSA) is 46.5 Å². The Morgan fingerprint density at radius 1 is 1.06 bits per heavy atom. The van der Waals surface area contributed by atoms with Gasteiger partial charge in [-0.2, -0.15) is 0 Å². The molecule has 1 atom stereocenters. The third kappa shape index (κ3) is 2.69. The zero-order valence-corrected chi connectivity index (χ0v) is 10.0. The van der Waals surface area contributed by atoms with Gasteiger partial charge in [0.2, 0.25) is 0 Å². The van der Waals surface area contributed by atoms with Crippen LogP contribution in [0.4, 0.5) is 0 Å². The number of carbonyl (C=O) groups is 1. The molecule has 3 nitrogen and oxygen atoms in total. The van der Waals surface area contributed by atoms with Gasteiger partial charge in [-0.25, -0.2) is 4.79 Å². The lowest BCUT2D eigenvalue weighted by molar-refractivity contribution is 0.0334. The van der Waals surface area contributed by atoms with Crippen molar-refractivity contribution >= 4 is 5.97 Å². The average Bonchev–Trinajstić information content (AvgIpc) is 2.40. The van der Waals surface area contributed by atoms with E-state index < -0.39 is 12.1 Å². The van der Waals surface area contributed by atoms with Crippen molar-refractivity contribution in [2.75, 3.05) is 0 Å². The normalized spacial score (nSPS) is 11.8. The molecule has 2 aromatic rings. The maximum Gasteiger partial charge on any atom is 0.338 e. The van der Waals surface area contributed by atoms with E-state index in [9.17, 15) is 9.90 Å². The van der Waals surface area contributed by atoms with E-state index in [0.717, 1.165) is 0 Å². The molecule has 2 aromatic carbocycles. The predicted octanol–water partition coefficient (Wildman–Crippen LogP) is 3.31. The van der Waals surface area contributed by atoms with Crippen LogP contribution in [0.1, 0.15) is 28.9 Å². The molecular weight excluding hydrogens is 228 g/mol. The van der Waals surface area contributed by atoms with Crippen LogP contribution < -0.4 is 0 Å². The summed E-state index contributed by atoms with van der Waals surface area (Å²) >= 11 is 0. The predicted molar refractivity (Wildman–Crippen MR) is 68.4 cm³/mol. The van der Waals surface area contributed by atoms with Crippen LogP contribution in [-0.4, -0.2) is 11.1 Å². The molecular formula is C15H14O3. The summed E-state index contributed by atoms with van der Waals surface area (Å²) in [5.41, 5.74) is 1.10. The van der Waals surface area contributed by atoms with Gasteiger partial charge in [-0.3, -0.25) is 0 Å². The molecule has 0 bridgehead atoms. The molecule has 0 aromatic heterocycles. The molecule has 1 unspecified atom stereocenters. The fraction of sp³-hybridized carbons (Fsp3) is 0.133. The lowest BCUT2D eigenvalue weighted by Crippen LogP contribution is -2.09. The summed E-state index contributed by atoms with van der Waals surface area (Å²) in [6.45, 7) is 1.73. The SMILES string of the molecule is CC(OC(=O)c1ccccc1)c1ccccc1O. The minimum absolute atomic E-state index is 0.130. The minimum Gasteiger partial charge on any atom is -0.508 e. The first-order valence-corrected chi connectivity index (χ1v) is 5.72. The molecule has 0 amide bonds. The standard InChI is InChI=1S/C15H14O3/c1-11(13-9-5-6-10-14(13)16)18-15(17)12-7-3-2-4-8-12/h2-11,16H,1H3. The van der Waals surface area contributed by atoms with Crippen molar-refractivity contribution in [3.05, 3.63) is 65.7 Å². The fourth-order valence-corrected chi connectivity index (χ4v) is 1.70. The van der Waals surface area contributed by atoms with Crippen LogP contribution in [0.25, 0.3) is 0 Å². The van der Waals surface area contributed by atoms with Crippen molar-refractivity contribution in [3.63, 3.8) is 0 Å². The van der Waals surface area contributed by atoms with E-state index in [-0.39, 0.29) is 5.75 Å². The second kappa shape index (κ2) is 5.36. The number of para-hydroxylation sites is 1. The highest BCUT2D eigenvalue weighted by Gasteiger charge is 2.15. The molecule has 0 saturated carbocycles. The average molecular weight is 242 g/mol. The van der Waals surface area contributed by atoms with Crippen molar-refractivity contribution in [2.24, 2.45) is 0 Å². The van der Waals surface area contributed by atoms with Crippen LogP contribution in [0.2, 0.25) is 0 Å². The number of aromatic hydroxyl groups is 1. The molecule has 0 saturated heterocycles. The summed E-state index contributed by atoms with van der Waals surface area (Å²) in [7, 11) is 0. The number of benzene rings is 2. The van der Waals surface area contributed by atoms with E-state index in [1.807, 2.05) is 6.07 Å². The van der Waals surface area contributed by atoms with Crippen molar-refractivity contribution in [1.29, 1.82) is 0 Å². The summed E-state index contributed by atoms with van der Waals surface area (Å²) in [6.07, 6.45) is -0.487. The molecule has 0 radical (unpaired) electrons. The monoisotopic (exact) mass is 242 g/mol. The Bertz CT molecular complexity index is 534. The number of phenolic OH excluding ortho intramolecular Hbond substituents is 1. The van der Waals surface area contributed by atoms with Crippen LogP contribution in [0, 0.1) is 0 Å². The van der Waals surface area contributed by atoms with Gasteiger partial charge in [0.25, 0.3) is 0 Å². The quantitative estimate of drug-likeness (QED) is 0.840. The van der Waals surface area contributed by atoms with Crippen molar-refractivity contribution in [3.8, 4) is 5.75 Å². The summed E-state index contributed by atoms with van der Waals surface area (Å²) in [5.74, 6) is -0.266. The highest BCUT2D eigenvalue weighted by atomic mass is 16.5. The zero-order chi connectivity index (χ0) is 13.0. The van der Waals surface area contributed by atoms with Crippen molar-refractivity contribution in [1.82, 2.24) is 0 Å². The van der Waals surface area contributed by atoms with E-state index in [1.165, 1.54) is 0 Å². The molecule has 0 fully saturated rings. The summed E-state index contributed by atoms with van der Waals surface area (Å²) in [4.78, 5) is 11.8. The van der Waals surface area contributed by atoms with E-state index in [0.29, 0.717) is 11.1 Å². The minimum atomic E-state index is -0.487. The van der Waals surface area contributed by atoms with Gasteiger partial charge in [0.15, 0.2) is 0 Å². The molecule has 2 rings (SSSR count). The zero-order valence-electron chi connectivity index (χ0n) is 10.0.